The van der Waals surface area contributed by atoms with E-state index in [-0.39, 0.29) is 0 Å². The molecule has 0 aliphatic heterocycles. The van der Waals surface area contributed by atoms with Crippen LogP contribution in [0.2, 0.25) is 0 Å². The highest BCUT2D eigenvalue weighted by Crippen LogP contribution is 2.30. The Morgan fingerprint density at radius 2 is 1.79 bits per heavy atom. The van der Waals surface area contributed by atoms with Crippen molar-refractivity contribution in [3.05, 3.63) is 58.1 Å². The van der Waals surface area contributed by atoms with Crippen molar-refractivity contribution in [1.29, 1.82) is 5.26 Å². The molecule has 0 fully saturated rings. The van der Waals surface area contributed by atoms with Crippen molar-refractivity contribution < 1.29 is 4.74 Å². The molecule has 0 aromatic heterocycles. The fourth-order valence-electron chi connectivity index (χ4n) is 1.75. The zero-order chi connectivity index (χ0) is 13.8. The third-order valence-electron chi connectivity index (χ3n) is 2.86. The highest BCUT2D eigenvalue weighted by Gasteiger charge is 2.08. The first-order chi connectivity index (χ1) is 9.11. The summed E-state index contributed by atoms with van der Waals surface area (Å²) in [6.45, 7) is 4.30. The minimum absolute atomic E-state index is 0.495. The quantitative estimate of drug-likeness (QED) is 0.776. The van der Waals surface area contributed by atoms with E-state index in [2.05, 4.69) is 35.8 Å². The Labute approximate surface area is 121 Å². The van der Waals surface area contributed by atoms with Crippen LogP contribution in [0.3, 0.4) is 0 Å². The van der Waals surface area contributed by atoms with Gasteiger partial charge in [-0.15, -0.1) is 0 Å². The lowest BCUT2D eigenvalue weighted by Gasteiger charge is -2.10. The first-order valence-electron chi connectivity index (χ1n) is 6.08. The van der Waals surface area contributed by atoms with Crippen LogP contribution in [0, 0.1) is 11.3 Å². The van der Waals surface area contributed by atoms with Crippen LogP contribution >= 0.6 is 15.9 Å². The Morgan fingerprint density at radius 1 is 1.11 bits per heavy atom. The standard InChI is InChI=1S/C16H14BrNO/c1-11(2)12-6-8-13(9-7-12)19-16-5-3-4-15(17)14(16)10-18/h3-9,11H,1-2H3. The van der Waals surface area contributed by atoms with Gasteiger partial charge in [-0.25, -0.2) is 0 Å². The van der Waals surface area contributed by atoms with Gasteiger partial charge >= 0.3 is 0 Å². The molecule has 96 valence electrons. The average Bonchev–Trinajstić information content (AvgIpc) is 2.39. The number of ether oxygens (including phenoxy) is 1. The molecule has 0 radical (unpaired) electrons. The summed E-state index contributed by atoms with van der Waals surface area (Å²) in [5.74, 6) is 1.79. The maximum absolute atomic E-state index is 9.13. The number of benzene rings is 2. The Bertz CT molecular complexity index is 612. The van der Waals surface area contributed by atoms with Crippen molar-refractivity contribution in [3.8, 4) is 17.6 Å². The molecule has 0 atom stereocenters. The van der Waals surface area contributed by atoms with Crippen molar-refractivity contribution in [3.63, 3.8) is 0 Å². The minimum Gasteiger partial charge on any atom is -0.456 e. The highest BCUT2D eigenvalue weighted by atomic mass is 79.9. The van der Waals surface area contributed by atoms with Gasteiger partial charge in [-0.3, -0.25) is 0 Å². The van der Waals surface area contributed by atoms with Crippen LogP contribution in [0.25, 0.3) is 0 Å². The Balaban J connectivity index is 2.27. The molecule has 0 saturated carbocycles. The van der Waals surface area contributed by atoms with Gasteiger partial charge in [0.25, 0.3) is 0 Å². The van der Waals surface area contributed by atoms with E-state index >= 15 is 0 Å². The van der Waals surface area contributed by atoms with Gasteiger partial charge in [0, 0.05) is 4.47 Å². The minimum atomic E-state index is 0.495. The second-order valence-corrected chi connectivity index (χ2v) is 5.40. The maximum atomic E-state index is 9.13. The summed E-state index contributed by atoms with van der Waals surface area (Å²) in [5.41, 5.74) is 1.78. The number of nitriles is 1. The summed E-state index contributed by atoms with van der Waals surface area (Å²) < 4.78 is 6.51. The largest absolute Gasteiger partial charge is 0.456 e. The number of hydrogen-bond donors (Lipinski definition) is 0. The van der Waals surface area contributed by atoms with Crippen LogP contribution in [-0.2, 0) is 0 Å². The summed E-state index contributed by atoms with van der Waals surface area (Å²) in [6.07, 6.45) is 0. The van der Waals surface area contributed by atoms with E-state index in [0.29, 0.717) is 17.2 Å². The summed E-state index contributed by atoms with van der Waals surface area (Å²) in [7, 11) is 0. The normalized spacial score (nSPS) is 10.3. The van der Waals surface area contributed by atoms with E-state index < -0.39 is 0 Å². The van der Waals surface area contributed by atoms with Crippen molar-refractivity contribution in [1.82, 2.24) is 0 Å². The number of halogens is 1. The molecule has 0 heterocycles. The maximum Gasteiger partial charge on any atom is 0.146 e. The van der Waals surface area contributed by atoms with E-state index in [1.54, 1.807) is 6.07 Å². The van der Waals surface area contributed by atoms with Crippen LogP contribution in [0.4, 0.5) is 0 Å². The molecule has 2 rings (SSSR count). The fraction of sp³-hybridized carbons (Fsp3) is 0.188. The summed E-state index contributed by atoms with van der Waals surface area (Å²) in [4.78, 5) is 0. The van der Waals surface area contributed by atoms with E-state index in [1.165, 1.54) is 5.56 Å². The number of hydrogen-bond acceptors (Lipinski definition) is 2. The molecule has 0 spiro atoms. The Morgan fingerprint density at radius 3 is 2.37 bits per heavy atom. The van der Waals surface area contributed by atoms with Gasteiger partial charge in [-0.1, -0.05) is 32.0 Å². The monoisotopic (exact) mass is 315 g/mol. The molecule has 0 aliphatic carbocycles. The first-order valence-corrected chi connectivity index (χ1v) is 6.87. The highest BCUT2D eigenvalue weighted by molar-refractivity contribution is 9.10. The molecule has 2 nitrogen and oxygen atoms in total. The zero-order valence-corrected chi connectivity index (χ0v) is 12.4. The third-order valence-corrected chi connectivity index (χ3v) is 3.52. The number of nitrogens with zero attached hydrogens (tertiary/aromatic N) is 1. The van der Waals surface area contributed by atoms with Crippen molar-refractivity contribution in [2.45, 2.75) is 19.8 Å². The molecule has 0 aliphatic rings. The molecular formula is C16H14BrNO. The molecule has 2 aromatic carbocycles. The molecule has 0 saturated heterocycles. The van der Waals surface area contributed by atoms with Crippen LogP contribution in [-0.4, -0.2) is 0 Å². The zero-order valence-electron chi connectivity index (χ0n) is 10.9. The second-order valence-electron chi connectivity index (χ2n) is 4.55. The third kappa shape index (κ3) is 3.15. The van der Waals surface area contributed by atoms with Gasteiger partial charge in [0.05, 0.1) is 0 Å². The molecular weight excluding hydrogens is 302 g/mol. The van der Waals surface area contributed by atoms with E-state index in [9.17, 15) is 0 Å². The van der Waals surface area contributed by atoms with E-state index in [0.717, 1.165) is 10.2 Å². The van der Waals surface area contributed by atoms with Gasteiger partial charge in [0.2, 0.25) is 0 Å². The lowest BCUT2D eigenvalue weighted by molar-refractivity contribution is 0.480. The summed E-state index contributed by atoms with van der Waals surface area (Å²) in [6, 6.07) is 15.6. The predicted molar refractivity (Wildman–Crippen MR) is 79.5 cm³/mol. The van der Waals surface area contributed by atoms with E-state index in [1.807, 2.05) is 36.4 Å². The van der Waals surface area contributed by atoms with Gasteiger partial charge in [-0.05, 0) is 51.7 Å². The molecule has 0 bridgehead atoms. The molecule has 2 aromatic rings. The van der Waals surface area contributed by atoms with Crippen molar-refractivity contribution in [2.24, 2.45) is 0 Å². The van der Waals surface area contributed by atoms with Crippen molar-refractivity contribution >= 4 is 15.9 Å². The van der Waals surface area contributed by atoms with Crippen LogP contribution in [0.15, 0.2) is 46.9 Å². The molecule has 19 heavy (non-hydrogen) atoms. The lowest BCUT2D eigenvalue weighted by atomic mass is 10.0. The Kier molecular flexibility index (Phi) is 4.24. The SMILES string of the molecule is CC(C)c1ccc(Oc2cccc(Br)c2C#N)cc1. The topological polar surface area (TPSA) is 33.0 Å². The van der Waals surface area contributed by atoms with Gasteiger partial charge < -0.3 is 4.74 Å². The fourth-order valence-corrected chi connectivity index (χ4v) is 2.18. The smallest absolute Gasteiger partial charge is 0.146 e. The first kappa shape index (κ1) is 13.6. The lowest BCUT2D eigenvalue weighted by Crippen LogP contribution is -1.91. The predicted octanol–water partition coefficient (Wildman–Crippen LogP) is 5.24. The Hall–Kier alpha value is -1.79. The van der Waals surface area contributed by atoms with Crippen molar-refractivity contribution in [2.75, 3.05) is 0 Å². The molecule has 0 N–H and O–H groups in total. The second kappa shape index (κ2) is 5.90. The number of rotatable bonds is 3. The molecule has 0 amide bonds. The summed E-state index contributed by atoms with van der Waals surface area (Å²) >= 11 is 3.35. The van der Waals surface area contributed by atoms with Crippen LogP contribution in [0.5, 0.6) is 11.5 Å². The summed E-state index contributed by atoms with van der Waals surface area (Å²) in [5, 5.41) is 9.13. The molecule has 3 heteroatoms. The van der Waals surface area contributed by atoms with Crippen LogP contribution < -0.4 is 4.74 Å². The van der Waals surface area contributed by atoms with Crippen LogP contribution in [0.1, 0.15) is 30.9 Å². The average molecular weight is 316 g/mol. The van der Waals surface area contributed by atoms with Gasteiger partial charge in [-0.2, -0.15) is 5.26 Å². The molecule has 0 unspecified atom stereocenters. The van der Waals surface area contributed by atoms with E-state index in [4.69, 9.17) is 10.00 Å². The van der Waals surface area contributed by atoms with Gasteiger partial charge in [0.1, 0.15) is 23.1 Å². The van der Waals surface area contributed by atoms with Gasteiger partial charge in [0.15, 0.2) is 0 Å².